The standard InChI is InChI=1S/C15H15F2IN2O/c1-8-2-13-9(4-12(8)18)3-11(20-13)7-19-14(21)10-5-15(16,17)6-10/h2-4,10,20H,5-7H2,1H3,(H,19,21). The Morgan fingerprint density at radius 3 is 2.81 bits per heavy atom. The summed E-state index contributed by atoms with van der Waals surface area (Å²) in [5, 5.41) is 3.81. The summed E-state index contributed by atoms with van der Waals surface area (Å²) < 4.78 is 26.7. The number of nitrogens with one attached hydrogen (secondary N) is 2. The van der Waals surface area contributed by atoms with Gasteiger partial charge in [-0.25, -0.2) is 8.78 Å². The van der Waals surface area contributed by atoms with Crippen LogP contribution in [0.1, 0.15) is 24.1 Å². The molecule has 0 unspecified atom stereocenters. The molecule has 1 heterocycles. The molecule has 1 fully saturated rings. The molecule has 1 aliphatic carbocycles. The van der Waals surface area contributed by atoms with Gasteiger partial charge in [0, 0.05) is 38.9 Å². The minimum Gasteiger partial charge on any atom is -0.357 e. The summed E-state index contributed by atoms with van der Waals surface area (Å²) >= 11 is 2.28. The number of halogens is 3. The summed E-state index contributed by atoms with van der Waals surface area (Å²) in [6.07, 6.45) is -0.661. The first kappa shape index (κ1) is 14.7. The van der Waals surface area contributed by atoms with E-state index >= 15 is 0 Å². The van der Waals surface area contributed by atoms with Crippen LogP contribution in [0.25, 0.3) is 10.9 Å². The van der Waals surface area contributed by atoms with Gasteiger partial charge in [0.1, 0.15) is 0 Å². The molecule has 0 aliphatic heterocycles. The van der Waals surface area contributed by atoms with Crippen molar-refractivity contribution in [1.82, 2.24) is 10.3 Å². The molecule has 0 spiro atoms. The van der Waals surface area contributed by atoms with E-state index in [9.17, 15) is 13.6 Å². The average molecular weight is 404 g/mol. The molecule has 0 atom stereocenters. The van der Waals surface area contributed by atoms with Gasteiger partial charge in [-0.3, -0.25) is 4.79 Å². The number of carbonyl (C=O) groups is 1. The predicted molar refractivity (Wildman–Crippen MR) is 85.3 cm³/mol. The zero-order valence-corrected chi connectivity index (χ0v) is 13.6. The van der Waals surface area contributed by atoms with Crippen LogP contribution in [0, 0.1) is 16.4 Å². The number of H-pyrrole nitrogens is 1. The fourth-order valence-electron chi connectivity index (χ4n) is 2.59. The Bertz CT molecular complexity index is 664. The maximum absolute atomic E-state index is 12.7. The van der Waals surface area contributed by atoms with Crippen molar-refractivity contribution in [2.24, 2.45) is 5.92 Å². The number of aryl methyl sites for hydroxylation is 1. The van der Waals surface area contributed by atoms with Crippen LogP contribution in [-0.4, -0.2) is 16.8 Å². The number of aromatic amines is 1. The minimum atomic E-state index is -2.66. The summed E-state index contributed by atoms with van der Waals surface area (Å²) in [4.78, 5) is 15.0. The van der Waals surface area contributed by atoms with E-state index in [4.69, 9.17) is 0 Å². The minimum absolute atomic E-state index is 0.287. The summed E-state index contributed by atoms with van der Waals surface area (Å²) in [6, 6.07) is 6.13. The molecule has 112 valence electrons. The first-order valence-corrected chi connectivity index (χ1v) is 7.85. The normalized spacial score (nSPS) is 17.7. The highest BCUT2D eigenvalue weighted by Gasteiger charge is 2.48. The van der Waals surface area contributed by atoms with Gasteiger partial charge in [0.05, 0.1) is 6.54 Å². The first-order chi connectivity index (χ1) is 9.84. The lowest BCUT2D eigenvalue weighted by Gasteiger charge is -2.33. The van der Waals surface area contributed by atoms with Crippen LogP contribution in [0.3, 0.4) is 0 Å². The van der Waals surface area contributed by atoms with E-state index in [0.29, 0.717) is 6.54 Å². The summed E-state index contributed by atoms with van der Waals surface area (Å²) in [7, 11) is 0. The number of carbonyl (C=O) groups excluding carboxylic acids is 1. The highest BCUT2D eigenvalue weighted by atomic mass is 127. The van der Waals surface area contributed by atoms with Crippen molar-refractivity contribution in [3.8, 4) is 0 Å². The van der Waals surface area contributed by atoms with Gasteiger partial charge in [-0.15, -0.1) is 0 Å². The monoisotopic (exact) mass is 404 g/mol. The molecule has 1 saturated carbocycles. The number of fused-ring (bicyclic) bond motifs is 1. The second-order valence-corrected chi connectivity index (χ2v) is 6.82. The van der Waals surface area contributed by atoms with Crippen LogP contribution in [0.2, 0.25) is 0 Å². The maximum Gasteiger partial charge on any atom is 0.249 e. The van der Waals surface area contributed by atoms with Crippen molar-refractivity contribution >= 4 is 39.4 Å². The quantitative estimate of drug-likeness (QED) is 0.753. The van der Waals surface area contributed by atoms with Gasteiger partial charge < -0.3 is 10.3 Å². The number of hydrogen-bond acceptors (Lipinski definition) is 1. The Balaban J connectivity index is 1.64. The van der Waals surface area contributed by atoms with Gasteiger partial charge in [-0.05, 0) is 53.3 Å². The molecule has 3 rings (SSSR count). The van der Waals surface area contributed by atoms with Crippen molar-refractivity contribution in [3.05, 3.63) is 33.0 Å². The van der Waals surface area contributed by atoms with E-state index in [1.165, 1.54) is 9.13 Å². The van der Waals surface area contributed by atoms with Crippen molar-refractivity contribution in [3.63, 3.8) is 0 Å². The average Bonchev–Trinajstić information content (AvgIpc) is 2.75. The molecule has 0 saturated heterocycles. The predicted octanol–water partition coefficient (Wildman–Crippen LogP) is 3.74. The number of alkyl halides is 2. The number of aromatic nitrogens is 1. The Morgan fingerprint density at radius 2 is 2.14 bits per heavy atom. The van der Waals surface area contributed by atoms with Gasteiger partial charge in [-0.2, -0.15) is 0 Å². The third-order valence-corrected chi connectivity index (χ3v) is 5.03. The molecule has 0 bridgehead atoms. The molecule has 21 heavy (non-hydrogen) atoms. The van der Waals surface area contributed by atoms with Gasteiger partial charge in [-0.1, -0.05) is 0 Å². The van der Waals surface area contributed by atoms with Crippen molar-refractivity contribution in [1.29, 1.82) is 0 Å². The zero-order chi connectivity index (χ0) is 15.2. The molecule has 1 amide bonds. The summed E-state index contributed by atoms with van der Waals surface area (Å²) in [6.45, 7) is 2.38. The van der Waals surface area contributed by atoms with Crippen LogP contribution >= 0.6 is 22.6 Å². The molecular formula is C15H15F2IN2O. The molecule has 2 aromatic rings. The van der Waals surface area contributed by atoms with Crippen LogP contribution in [0.4, 0.5) is 8.78 Å². The van der Waals surface area contributed by atoms with E-state index in [1.807, 2.05) is 13.0 Å². The Hall–Kier alpha value is -1.18. The van der Waals surface area contributed by atoms with Crippen LogP contribution in [0.5, 0.6) is 0 Å². The fourth-order valence-corrected chi connectivity index (χ4v) is 3.08. The maximum atomic E-state index is 12.7. The largest absolute Gasteiger partial charge is 0.357 e. The van der Waals surface area contributed by atoms with Crippen molar-refractivity contribution in [2.75, 3.05) is 0 Å². The lowest BCUT2D eigenvalue weighted by Crippen LogP contribution is -2.44. The first-order valence-electron chi connectivity index (χ1n) is 6.77. The van der Waals surface area contributed by atoms with Crippen LogP contribution in [-0.2, 0) is 11.3 Å². The van der Waals surface area contributed by atoms with Gasteiger partial charge in [0.25, 0.3) is 0 Å². The molecule has 3 nitrogen and oxygen atoms in total. The highest BCUT2D eigenvalue weighted by Crippen LogP contribution is 2.42. The third-order valence-electron chi connectivity index (χ3n) is 3.87. The van der Waals surface area contributed by atoms with E-state index in [2.05, 4.69) is 45.0 Å². The van der Waals surface area contributed by atoms with E-state index in [1.54, 1.807) is 0 Å². The molecule has 1 aromatic carbocycles. The Labute approximate surface area is 134 Å². The van der Waals surface area contributed by atoms with Gasteiger partial charge in [0.15, 0.2) is 0 Å². The number of hydrogen-bond donors (Lipinski definition) is 2. The molecule has 2 N–H and O–H groups in total. The van der Waals surface area contributed by atoms with E-state index < -0.39 is 11.8 Å². The van der Waals surface area contributed by atoms with Crippen molar-refractivity contribution < 1.29 is 13.6 Å². The lowest BCUT2D eigenvalue weighted by molar-refractivity contribution is -0.150. The zero-order valence-electron chi connectivity index (χ0n) is 11.5. The highest BCUT2D eigenvalue weighted by molar-refractivity contribution is 14.1. The van der Waals surface area contributed by atoms with E-state index in [0.717, 1.165) is 16.6 Å². The van der Waals surface area contributed by atoms with Crippen molar-refractivity contribution in [2.45, 2.75) is 32.2 Å². The second kappa shape index (κ2) is 5.23. The molecular weight excluding hydrogens is 389 g/mol. The topological polar surface area (TPSA) is 44.9 Å². The molecule has 1 aliphatic rings. The SMILES string of the molecule is Cc1cc2[nH]c(CNC(=O)C3CC(F)(F)C3)cc2cc1I. The van der Waals surface area contributed by atoms with Crippen LogP contribution < -0.4 is 5.32 Å². The number of rotatable bonds is 3. The van der Waals surface area contributed by atoms with Gasteiger partial charge >= 0.3 is 0 Å². The molecule has 1 aromatic heterocycles. The fraction of sp³-hybridized carbons (Fsp3) is 0.400. The Morgan fingerprint density at radius 1 is 1.43 bits per heavy atom. The van der Waals surface area contributed by atoms with Gasteiger partial charge in [0.2, 0.25) is 11.8 Å². The van der Waals surface area contributed by atoms with Crippen LogP contribution in [0.15, 0.2) is 18.2 Å². The summed E-state index contributed by atoms with van der Waals surface area (Å²) in [5.41, 5.74) is 3.09. The number of amides is 1. The lowest BCUT2D eigenvalue weighted by atomic mass is 9.81. The van der Waals surface area contributed by atoms with E-state index in [-0.39, 0.29) is 18.7 Å². The second-order valence-electron chi connectivity index (χ2n) is 5.66. The third kappa shape index (κ3) is 3.04. The Kier molecular flexibility index (Phi) is 3.67. The summed E-state index contributed by atoms with van der Waals surface area (Å²) in [5.74, 6) is -3.49. The molecule has 6 heteroatoms. The smallest absolute Gasteiger partial charge is 0.249 e. The number of benzene rings is 1. The molecule has 0 radical (unpaired) electrons.